The third-order valence-electron chi connectivity index (χ3n) is 6.90. The minimum absolute atomic E-state index is 0.625. The fourth-order valence-electron chi connectivity index (χ4n) is 5.38. The first-order valence-corrected chi connectivity index (χ1v) is 10.7. The molecule has 5 heteroatoms. The second-order valence-electron chi connectivity index (χ2n) is 8.29. The summed E-state index contributed by atoms with van der Waals surface area (Å²) >= 11 is 0. The molecule has 0 amide bonds. The number of hydrogen-bond acceptors (Lipinski definition) is 5. The van der Waals surface area contributed by atoms with Crippen LogP contribution in [0, 0.1) is 0 Å². The van der Waals surface area contributed by atoms with Gasteiger partial charge in [0.25, 0.3) is 0 Å². The molecule has 2 aliphatic heterocycles. The van der Waals surface area contributed by atoms with Gasteiger partial charge in [0, 0.05) is 12.6 Å². The minimum Gasteiger partial charge on any atom is -0.493 e. The summed E-state index contributed by atoms with van der Waals surface area (Å²) in [4.78, 5) is 2.66. The molecule has 1 saturated heterocycles. The summed E-state index contributed by atoms with van der Waals surface area (Å²) in [6.07, 6.45) is 4.97. The van der Waals surface area contributed by atoms with E-state index in [0.717, 1.165) is 41.3 Å². The Bertz CT molecular complexity index is 1040. The van der Waals surface area contributed by atoms with Crippen LogP contribution < -0.4 is 18.9 Å². The van der Waals surface area contributed by atoms with E-state index in [2.05, 4.69) is 29.2 Å². The van der Waals surface area contributed by atoms with Crippen LogP contribution in [0.3, 0.4) is 0 Å². The van der Waals surface area contributed by atoms with Gasteiger partial charge in [-0.3, -0.25) is 4.90 Å². The first kappa shape index (κ1) is 19.3. The number of piperidine rings is 1. The van der Waals surface area contributed by atoms with Crippen molar-refractivity contribution in [2.75, 3.05) is 35.0 Å². The van der Waals surface area contributed by atoms with E-state index in [-0.39, 0.29) is 0 Å². The molecule has 5 rings (SSSR count). The maximum atomic E-state index is 5.66. The molecular weight excluding hydrogens is 378 g/mol. The third-order valence-corrected chi connectivity index (χ3v) is 6.90. The largest absolute Gasteiger partial charge is 0.493 e. The molecule has 0 saturated carbocycles. The molecule has 0 bridgehead atoms. The Kier molecular flexibility index (Phi) is 4.86. The number of methoxy groups -OCH3 is 4. The van der Waals surface area contributed by atoms with E-state index in [9.17, 15) is 0 Å². The van der Waals surface area contributed by atoms with E-state index in [1.807, 2.05) is 0 Å². The molecule has 1 fully saturated rings. The Balaban J connectivity index is 1.88. The average molecular weight is 408 g/mol. The van der Waals surface area contributed by atoms with Crippen LogP contribution in [0.25, 0.3) is 21.5 Å². The molecule has 2 heterocycles. The topological polar surface area (TPSA) is 40.2 Å². The lowest BCUT2D eigenvalue weighted by Gasteiger charge is -2.41. The zero-order valence-electron chi connectivity index (χ0n) is 18.2. The minimum atomic E-state index is 0.625. The first-order valence-electron chi connectivity index (χ1n) is 10.7. The number of ether oxygens (including phenoxy) is 4. The van der Waals surface area contributed by atoms with Crippen molar-refractivity contribution in [3.8, 4) is 23.0 Å². The Morgan fingerprint density at radius 3 is 1.70 bits per heavy atom. The lowest BCUT2D eigenvalue weighted by molar-refractivity contribution is 0.128. The SMILES string of the molecule is COc1cc2c3c(c4cc(OC)c(OC)cc4c2cc1OC)CN1CCCCC1C3. The molecular formula is C25H29NO4. The molecule has 1 unspecified atom stereocenters. The molecule has 0 N–H and O–H groups in total. The van der Waals surface area contributed by atoms with Gasteiger partial charge < -0.3 is 18.9 Å². The Morgan fingerprint density at radius 1 is 0.667 bits per heavy atom. The highest BCUT2D eigenvalue weighted by atomic mass is 16.5. The van der Waals surface area contributed by atoms with Gasteiger partial charge in [-0.2, -0.15) is 0 Å². The van der Waals surface area contributed by atoms with Crippen LogP contribution in [0.4, 0.5) is 0 Å². The summed E-state index contributed by atoms with van der Waals surface area (Å²) in [5.74, 6) is 3.04. The van der Waals surface area contributed by atoms with Crippen LogP contribution in [-0.2, 0) is 13.0 Å². The predicted molar refractivity (Wildman–Crippen MR) is 119 cm³/mol. The van der Waals surface area contributed by atoms with Gasteiger partial charge in [0.2, 0.25) is 0 Å². The lowest BCUT2D eigenvalue weighted by Crippen LogP contribution is -2.43. The van der Waals surface area contributed by atoms with Gasteiger partial charge in [-0.15, -0.1) is 0 Å². The van der Waals surface area contributed by atoms with E-state index in [1.54, 1.807) is 28.4 Å². The Morgan fingerprint density at radius 2 is 1.17 bits per heavy atom. The highest BCUT2D eigenvalue weighted by Gasteiger charge is 2.31. The molecule has 158 valence electrons. The van der Waals surface area contributed by atoms with Gasteiger partial charge in [0.1, 0.15) is 0 Å². The summed E-state index contributed by atoms with van der Waals surface area (Å²) in [7, 11) is 6.78. The first-order chi connectivity index (χ1) is 14.7. The van der Waals surface area contributed by atoms with Gasteiger partial charge in [-0.05, 0) is 82.7 Å². The number of nitrogens with zero attached hydrogens (tertiary/aromatic N) is 1. The second kappa shape index (κ2) is 7.55. The summed E-state index contributed by atoms with van der Waals surface area (Å²) in [5, 5.41) is 4.84. The smallest absolute Gasteiger partial charge is 0.161 e. The van der Waals surface area contributed by atoms with Crippen LogP contribution in [-0.4, -0.2) is 45.9 Å². The van der Waals surface area contributed by atoms with E-state index in [4.69, 9.17) is 18.9 Å². The maximum Gasteiger partial charge on any atom is 0.161 e. The molecule has 0 radical (unpaired) electrons. The van der Waals surface area contributed by atoms with Gasteiger partial charge in [-0.1, -0.05) is 6.42 Å². The Hall–Kier alpha value is -2.66. The molecule has 1 atom stereocenters. The summed E-state index contributed by atoms with van der Waals surface area (Å²) < 4.78 is 22.6. The van der Waals surface area contributed by atoms with E-state index >= 15 is 0 Å². The van der Waals surface area contributed by atoms with E-state index in [0.29, 0.717) is 6.04 Å². The van der Waals surface area contributed by atoms with Crippen LogP contribution in [0.5, 0.6) is 23.0 Å². The molecule has 5 nitrogen and oxygen atoms in total. The summed E-state index contributed by atoms with van der Waals surface area (Å²) in [6.45, 7) is 2.17. The molecule has 3 aromatic rings. The molecule has 2 aliphatic rings. The zero-order chi connectivity index (χ0) is 20.8. The van der Waals surface area contributed by atoms with Crippen LogP contribution in [0.1, 0.15) is 30.4 Å². The zero-order valence-corrected chi connectivity index (χ0v) is 18.2. The number of hydrogen-bond donors (Lipinski definition) is 0. The summed E-state index contributed by atoms with van der Waals surface area (Å²) in [6, 6.07) is 9.14. The number of benzene rings is 3. The molecule has 0 aromatic heterocycles. The van der Waals surface area contributed by atoms with Crippen molar-refractivity contribution in [1.29, 1.82) is 0 Å². The predicted octanol–water partition coefficient (Wildman–Crippen LogP) is 4.94. The lowest BCUT2D eigenvalue weighted by atomic mass is 9.82. The van der Waals surface area contributed by atoms with E-state index in [1.165, 1.54) is 53.1 Å². The second-order valence-corrected chi connectivity index (χ2v) is 8.29. The van der Waals surface area contributed by atoms with Gasteiger partial charge in [0.15, 0.2) is 23.0 Å². The van der Waals surface area contributed by atoms with Crippen LogP contribution >= 0.6 is 0 Å². The van der Waals surface area contributed by atoms with Gasteiger partial charge in [-0.25, -0.2) is 0 Å². The monoisotopic (exact) mass is 407 g/mol. The van der Waals surface area contributed by atoms with E-state index < -0.39 is 0 Å². The van der Waals surface area contributed by atoms with Crippen molar-refractivity contribution in [2.45, 2.75) is 38.3 Å². The third kappa shape index (κ3) is 2.87. The summed E-state index contributed by atoms with van der Waals surface area (Å²) in [5.41, 5.74) is 2.85. The molecule has 0 spiro atoms. The fourth-order valence-corrected chi connectivity index (χ4v) is 5.38. The fraction of sp³-hybridized carbons (Fsp3) is 0.440. The van der Waals surface area contributed by atoms with Crippen LogP contribution in [0.15, 0.2) is 24.3 Å². The standard InChI is InChI=1S/C25H29NO4/c1-27-22-10-17-16-9-15-7-5-6-8-26(15)14-21(16)20-13-25(30-4)24(29-3)12-19(20)18(17)11-23(22)28-2/h10-13,15H,5-9,14H2,1-4H3. The molecule has 3 aromatic carbocycles. The quantitative estimate of drug-likeness (QED) is 0.573. The number of rotatable bonds is 4. The highest BCUT2D eigenvalue weighted by molar-refractivity contribution is 6.12. The van der Waals surface area contributed by atoms with Gasteiger partial charge >= 0.3 is 0 Å². The van der Waals surface area contributed by atoms with Crippen molar-refractivity contribution in [1.82, 2.24) is 4.90 Å². The van der Waals surface area contributed by atoms with Gasteiger partial charge in [0.05, 0.1) is 28.4 Å². The van der Waals surface area contributed by atoms with Crippen molar-refractivity contribution in [3.63, 3.8) is 0 Å². The molecule has 30 heavy (non-hydrogen) atoms. The Labute approximate surface area is 177 Å². The van der Waals surface area contributed by atoms with Crippen molar-refractivity contribution in [3.05, 3.63) is 35.4 Å². The van der Waals surface area contributed by atoms with Crippen LogP contribution in [0.2, 0.25) is 0 Å². The average Bonchev–Trinajstić information content (AvgIpc) is 2.81. The normalized spacial score (nSPS) is 18.7. The van der Waals surface area contributed by atoms with Crippen molar-refractivity contribution < 1.29 is 18.9 Å². The van der Waals surface area contributed by atoms with Crippen molar-refractivity contribution >= 4 is 21.5 Å². The highest BCUT2D eigenvalue weighted by Crippen LogP contribution is 2.45. The maximum absolute atomic E-state index is 5.66. The van der Waals surface area contributed by atoms with Crippen molar-refractivity contribution in [2.24, 2.45) is 0 Å². The number of fused-ring (bicyclic) bond motifs is 7. The molecule has 0 aliphatic carbocycles.